The first-order chi connectivity index (χ1) is 12.1. The topological polar surface area (TPSA) is 83.6 Å². The lowest BCUT2D eigenvalue weighted by Gasteiger charge is -2.18. The molecule has 0 fully saturated rings. The predicted octanol–water partition coefficient (Wildman–Crippen LogP) is 3.48. The molecule has 0 aliphatic rings. The van der Waals surface area contributed by atoms with Gasteiger partial charge in [0.1, 0.15) is 0 Å². The Bertz CT molecular complexity index is 984. The lowest BCUT2D eigenvalue weighted by Crippen LogP contribution is -2.30. The van der Waals surface area contributed by atoms with Gasteiger partial charge in [-0.05, 0) is 48.9 Å². The molecule has 9 heteroatoms. The number of anilines is 1. The van der Waals surface area contributed by atoms with Gasteiger partial charge in [0.2, 0.25) is 10.0 Å². The van der Waals surface area contributed by atoms with E-state index >= 15 is 0 Å². The zero-order valence-corrected chi connectivity index (χ0v) is 17.1. The molecule has 0 aliphatic carbocycles. The van der Waals surface area contributed by atoms with Crippen molar-refractivity contribution in [1.82, 2.24) is 4.31 Å². The van der Waals surface area contributed by atoms with Crippen LogP contribution in [0.5, 0.6) is 0 Å². The molecule has 26 heavy (non-hydrogen) atoms. The van der Waals surface area contributed by atoms with Crippen molar-refractivity contribution < 1.29 is 16.8 Å². The molecule has 0 bridgehead atoms. The lowest BCUT2D eigenvalue weighted by molar-refractivity contribution is 0.445. The molecule has 0 saturated heterocycles. The van der Waals surface area contributed by atoms with Crippen LogP contribution in [0.4, 0.5) is 5.69 Å². The van der Waals surface area contributed by atoms with Gasteiger partial charge in [-0.2, -0.15) is 4.31 Å². The second kappa shape index (κ2) is 7.96. The van der Waals surface area contributed by atoms with E-state index in [4.69, 9.17) is 11.6 Å². The largest absolute Gasteiger partial charge is 0.280 e. The molecule has 0 spiro atoms. The van der Waals surface area contributed by atoms with Crippen molar-refractivity contribution in [3.63, 3.8) is 0 Å². The van der Waals surface area contributed by atoms with Crippen molar-refractivity contribution in [3.8, 4) is 0 Å². The molecule has 0 unspecified atom stereocenters. The SMILES string of the molecule is CCN(CC)S(=O)(=O)c1ccc(NS(=O)(=O)c2cccc(Cl)c2C)cc1. The van der Waals surface area contributed by atoms with E-state index in [0.717, 1.165) is 0 Å². The summed E-state index contributed by atoms with van der Waals surface area (Å²) >= 11 is 5.99. The first-order valence-corrected chi connectivity index (χ1v) is 11.3. The Labute approximate surface area is 159 Å². The van der Waals surface area contributed by atoms with Crippen LogP contribution in [0, 0.1) is 6.92 Å². The van der Waals surface area contributed by atoms with Crippen LogP contribution in [-0.2, 0) is 20.0 Å². The second-order valence-corrected chi connectivity index (χ2v) is 9.58. The molecule has 142 valence electrons. The normalized spacial score (nSPS) is 12.3. The molecule has 0 aromatic heterocycles. The summed E-state index contributed by atoms with van der Waals surface area (Å²) in [6.45, 7) is 5.87. The number of hydrogen-bond donors (Lipinski definition) is 1. The molecule has 0 heterocycles. The van der Waals surface area contributed by atoms with Gasteiger partial charge >= 0.3 is 0 Å². The molecule has 0 radical (unpaired) electrons. The van der Waals surface area contributed by atoms with Gasteiger partial charge in [-0.1, -0.05) is 31.5 Å². The highest BCUT2D eigenvalue weighted by Crippen LogP contribution is 2.25. The van der Waals surface area contributed by atoms with Crippen LogP contribution in [0.25, 0.3) is 0 Å². The Morgan fingerprint density at radius 3 is 2.08 bits per heavy atom. The quantitative estimate of drug-likeness (QED) is 0.748. The van der Waals surface area contributed by atoms with Gasteiger partial charge in [0.05, 0.1) is 9.79 Å². The molecule has 0 amide bonds. The Morgan fingerprint density at radius 1 is 0.962 bits per heavy atom. The highest BCUT2D eigenvalue weighted by atomic mass is 35.5. The minimum absolute atomic E-state index is 0.0739. The fraction of sp³-hybridized carbons (Fsp3) is 0.294. The molecule has 2 rings (SSSR count). The van der Waals surface area contributed by atoms with Crippen LogP contribution in [0.1, 0.15) is 19.4 Å². The third kappa shape index (κ3) is 4.20. The second-order valence-electron chi connectivity index (χ2n) is 5.58. The van der Waals surface area contributed by atoms with E-state index < -0.39 is 20.0 Å². The van der Waals surface area contributed by atoms with E-state index in [1.54, 1.807) is 32.9 Å². The summed E-state index contributed by atoms with van der Waals surface area (Å²) in [5, 5.41) is 0.355. The van der Waals surface area contributed by atoms with Crippen molar-refractivity contribution in [3.05, 3.63) is 53.1 Å². The van der Waals surface area contributed by atoms with Crippen LogP contribution >= 0.6 is 11.6 Å². The maximum absolute atomic E-state index is 12.6. The van der Waals surface area contributed by atoms with Crippen LogP contribution < -0.4 is 4.72 Å². The zero-order valence-electron chi connectivity index (χ0n) is 14.7. The predicted molar refractivity (Wildman–Crippen MR) is 104 cm³/mol. The first-order valence-electron chi connectivity index (χ1n) is 8.01. The third-order valence-corrected chi connectivity index (χ3v) is 7.96. The number of nitrogens with zero attached hydrogens (tertiary/aromatic N) is 1. The summed E-state index contributed by atoms with van der Waals surface area (Å²) in [7, 11) is -7.42. The maximum atomic E-state index is 12.6. The molecule has 0 saturated carbocycles. The van der Waals surface area contributed by atoms with Crippen molar-refractivity contribution in [2.24, 2.45) is 0 Å². The fourth-order valence-electron chi connectivity index (χ4n) is 2.50. The summed E-state index contributed by atoms with van der Waals surface area (Å²) in [5.74, 6) is 0. The number of benzene rings is 2. The first kappa shape index (κ1) is 20.7. The molecule has 0 aliphatic heterocycles. The number of sulfonamides is 2. The van der Waals surface area contributed by atoms with E-state index in [2.05, 4.69) is 4.72 Å². The smallest absolute Gasteiger partial charge is 0.262 e. The van der Waals surface area contributed by atoms with Crippen LogP contribution in [0.15, 0.2) is 52.3 Å². The van der Waals surface area contributed by atoms with Crippen LogP contribution in [0.2, 0.25) is 5.02 Å². The minimum atomic E-state index is -3.83. The Hall–Kier alpha value is -1.61. The monoisotopic (exact) mass is 416 g/mol. The van der Waals surface area contributed by atoms with Crippen LogP contribution in [-0.4, -0.2) is 34.2 Å². The molecule has 1 N–H and O–H groups in total. The lowest BCUT2D eigenvalue weighted by atomic mass is 10.2. The Balaban J connectivity index is 2.31. The average Bonchev–Trinajstić information content (AvgIpc) is 2.58. The van der Waals surface area contributed by atoms with Crippen LogP contribution in [0.3, 0.4) is 0 Å². The summed E-state index contributed by atoms with van der Waals surface area (Å²) in [4.78, 5) is 0.188. The Morgan fingerprint density at radius 2 is 1.54 bits per heavy atom. The third-order valence-electron chi connectivity index (χ3n) is 3.96. The van der Waals surface area contributed by atoms with Crippen molar-refractivity contribution in [1.29, 1.82) is 0 Å². The summed E-state index contributed by atoms with van der Waals surface area (Å²) in [6.07, 6.45) is 0. The van der Waals surface area contributed by atoms with Crippen molar-refractivity contribution in [2.45, 2.75) is 30.6 Å². The zero-order chi connectivity index (χ0) is 19.5. The van der Waals surface area contributed by atoms with E-state index in [1.165, 1.54) is 34.6 Å². The highest BCUT2D eigenvalue weighted by Gasteiger charge is 2.22. The molecule has 2 aromatic carbocycles. The number of nitrogens with one attached hydrogen (secondary N) is 1. The number of hydrogen-bond acceptors (Lipinski definition) is 4. The van der Waals surface area contributed by atoms with E-state index in [1.807, 2.05) is 0 Å². The maximum Gasteiger partial charge on any atom is 0.262 e. The average molecular weight is 417 g/mol. The molecule has 2 aromatic rings. The molecular formula is C17H21ClN2O4S2. The molecule has 6 nitrogen and oxygen atoms in total. The fourth-order valence-corrected chi connectivity index (χ4v) is 5.51. The minimum Gasteiger partial charge on any atom is -0.280 e. The van der Waals surface area contributed by atoms with E-state index in [0.29, 0.717) is 23.7 Å². The van der Waals surface area contributed by atoms with Gasteiger partial charge in [0.15, 0.2) is 0 Å². The van der Waals surface area contributed by atoms with Gasteiger partial charge in [-0.15, -0.1) is 0 Å². The Kier molecular flexibility index (Phi) is 6.33. The van der Waals surface area contributed by atoms with Gasteiger partial charge in [-0.3, -0.25) is 4.72 Å². The van der Waals surface area contributed by atoms with E-state index in [9.17, 15) is 16.8 Å². The summed E-state index contributed by atoms with van der Waals surface area (Å²) in [5.41, 5.74) is 0.713. The molecule has 0 atom stereocenters. The van der Waals surface area contributed by atoms with Gasteiger partial charge in [0.25, 0.3) is 10.0 Å². The standard InChI is InChI=1S/C17H21ClN2O4S2/c1-4-20(5-2)26(23,24)15-11-9-14(10-12-15)19-25(21,22)17-8-6-7-16(18)13(17)3/h6-12,19H,4-5H2,1-3H3. The van der Waals surface area contributed by atoms with Gasteiger partial charge in [0, 0.05) is 23.8 Å². The summed E-state index contributed by atoms with van der Waals surface area (Å²) in [6, 6.07) is 10.3. The van der Waals surface area contributed by atoms with Crippen molar-refractivity contribution in [2.75, 3.05) is 17.8 Å². The summed E-state index contributed by atoms with van der Waals surface area (Å²) < 4.78 is 53.8. The van der Waals surface area contributed by atoms with E-state index in [-0.39, 0.29) is 15.5 Å². The van der Waals surface area contributed by atoms with Crippen molar-refractivity contribution >= 4 is 37.3 Å². The highest BCUT2D eigenvalue weighted by molar-refractivity contribution is 7.92. The van der Waals surface area contributed by atoms with Gasteiger partial charge < -0.3 is 0 Å². The number of halogens is 1. The molecular weight excluding hydrogens is 396 g/mol. The van der Waals surface area contributed by atoms with Gasteiger partial charge in [-0.25, -0.2) is 16.8 Å². The number of rotatable bonds is 7.